The zero-order chi connectivity index (χ0) is 22.1. The van der Waals surface area contributed by atoms with Gasteiger partial charge in [-0.15, -0.1) is 0 Å². The Morgan fingerprint density at radius 1 is 1.28 bits per heavy atom. The first-order valence-corrected chi connectivity index (χ1v) is 10.5. The van der Waals surface area contributed by atoms with Gasteiger partial charge in [-0.3, -0.25) is 4.79 Å². The lowest BCUT2D eigenvalue weighted by molar-refractivity contribution is -0.114. The summed E-state index contributed by atoms with van der Waals surface area (Å²) in [5.74, 6) is 1.96. The highest BCUT2D eigenvalue weighted by Crippen LogP contribution is 2.43. The summed E-state index contributed by atoms with van der Waals surface area (Å²) in [6, 6.07) is 7.39. The minimum absolute atomic E-state index is 0.181. The number of pyridine rings is 2. The van der Waals surface area contributed by atoms with E-state index in [9.17, 15) is 4.79 Å². The SMILES string of the molecule is COCCOc1cc(-c2ccoc2)nc(-n2nc(C3CC3)c3cnc(NC(C)=O)cc32)c1. The lowest BCUT2D eigenvalue weighted by Crippen LogP contribution is -2.08. The van der Waals surface area contributed by atoms with Crippen molar-refractivity contribution in [3.8, 4) is 22.8 Å². The molecule has 0 spiro atoms. The Kier molecular flexibility index (Phi) is 5.32. The summed E-state index contributed by atoms with van der Waals surface area (Å²) < 4.78 is 18.0. The highest BCUT2D eigenvalue weighted by molar-refractivity contribution is 5.91. The van der Waals surface area contributed by atoms with Gasteiger partial charge in [0.2, 0.25) is 5.91 Å². The standard InChI is InChI=1S/C23H23N5O4/c1-14(29)25-21-11-20-18(12-24-21)23(15-3-4-15)27-28(20)22-10-17(32-8-7-30-2)9-19(26-22)16-5-6-31-13-16/h5-6,9-13,15H,3-4,7-8H2,1-2H3,(H,24,25,29). The third-order valence-corrected chi connectivity index (χ3v) is 5.24. The van der Waals surface area contributed by atoms with Crippen LogP contribution in [0.25, 0.3) is 28.0 Å². The molecule has 0 radical (unpaired) electrons. The molecule has 1 saturated carbocycles. The van der Waals surface area contributed by atoms with Crippen molar-refractivity contribution in [1.29, 1.82) is 0 Å². The maximum atomic E-state index is 11.6. The maximum absolute atomic E-state index is 11.6. The Bertz CT molecular complexity index is 1260. The highest BCUT2D eigenvalue weighted by atomic mass is 16.5. The number of aromatic nitrogens is 4. The van der Waals surface area contributed by atoms with Gasteiger partial charge in [-0.1, -0.05) is 0 Å². The van der Waals surface area contributed by atoms with Crippen LogP contribution >= 0.6 is 0 Å². The first-order valence-electron chi connectivity index (χ1n) is 10.5. The molecule has 0 atom stereocenters. The topological polar surface area (TPSA) is 104 Å². The largest absolute Gasteiger partial charge is 0.491 e. The predicted molar refractivity (Wildman–Crippen MR) is 118 cm³/mol. The van der Waals surface area contributed by atoms with Crippen LogP contribution in [0.15, 0.2) is 47.4 Å². The van der Waals surface area contributed by atoms with E-state index in [-0.39, 0.29) is 5.91 Å². The second kappa shape index (κ2) is 8.43. The number of rotatable bonds is 8. The molecule has 1 amide bonds. The van der Waals surface area contributed by atoms with E-state index < -0.39 is 0 Å². The molecule has 9 nitrogen and oxygen atoms in total. The van der Waals surface area contributed by atoms with Crippen LogP contribution in [0.1, 0.15) is 31.4 Å². The fourth-order valence-electron chi connectivity index (χ4n) is 3.60. The molecule has 4 aromatic heterocycles. The van der Waals surface area contributed by atoms with Gasteiger partial charge in [-0.2, -0.15) is 5.10 Å². The molecule has 0 bridgehead atoms. The molecule has 0 aliphatic heterocycles. The smallest absolute Gasteiger partial charge is 0.222 e. The van der Waals surface area contributed by atoms with Gasteiger partial charge in [0.05, 0.1) is 36.0 Å². The Balaban J connectivity index is 1.65. The van der Waals surface area contributed by atoms with Gasteiger partial charge in [0.15, 0.2) is 5.82 Å². The van der Waals surface area contributed by atoms with Crippen LogP contribution in [0.2, 0.25) is 0 Å². The molecule has 4 heterocycles. The summed E-state index contributed by atoms with van der Waals surface area (Å²) in [5.41, 5.74) is 3.36. The van der Waals surface area contributed by atoms with Gasteiger partial charge in [0, 0.05) is 55.3 Å². The van der Waals surface area contributed by atoms with Crippen LogP contribution in [-0.2, 0) is 9.53 Å². The lowest BCUT2D eigenvalue weighted by Gasteiger charge is -2.11. The first kappa shape index (κ1) is 20.2. The van der Waals surface area contributed by atoms with Crippen LogP contribution < -0.4 is 10.1 Å². The molecular weight excluding hydrogens is 410 g/mol. The van der Waals surface area contributed by atoms with E-state index in [2.05, 4.69) is 10.3 Å². The van der Waals surface area contributed by atoms with Crippen LogP contribution in [0.5, 0.6) is 5.75 Å². The summed E-state index contributed by atoms with van der Waals surface area (Å²) >= 11 is 0. The highest BCUT2D eigenvalue weighted by Gasteiger charge is 2.30. The molecule has 9 heteroatoms. The minimum Gasteiger partial charge on any atom is -0.491 e. The average Bonchev–Trinajstić information content (AvgIpc) is 3.32. The predicted octanol–water partition coefficient (Wildman–Crippen LogP) is 3.94. The van der Waals surface area contributed by atoms with Crippen molar-refractivity contribution in [3.63, 3.8) is 0 Å². The van der Waals surface area contributed by atoms with Gasteiger partial charge in [-0.25, -0.2) is 14.6 Å². The molecule has 1 N–H and O–H groups in total. The quantitative estimate of drug-likeness (QED) is 0.420. The van der Waals surface area contributed by atoms with E-state index >= 15 is 0 Å². The number of fused-ring (bicyclic) bond motifs is 1. The number of hydrogen-bond acceptors (Lipinski definition) is 7. The van der Waals surface area contributed by atoms with E-state index in [0.29, 0.717) is 42.2 Å². The molecule has 1 aliphatic carbocycles. The van der Waals surface area contributed by atoms with Crippen molar-refractivity contribution in [3.05, 3.63) is 48.7 Å². The monoisotopic (exact) mass is 433 g/mol. The summed E-state index contributed by atoms with van der Waals surface area (Å²) in [4.78, 5) is 20.8. The van der Waals surface area contributed by atoms with E-state index in [4.69, 9.17) is 24.0 Å². The molecule has 32 heavy (non-hydrogen) atoms. The zero-order valence-electron chi connectivity index (χ0n) is 17.9. The third-order valence-electron chi connectivity index (χ3n) is 5.24. The summed E-state index contributed by atoms with van der Waals surface area (Å²) in [7, 11) is 1.63. The van der Waals surface area contributed by atoms with E-state index in [1.54, 1.807) is 30.5 Å². The summed E-state index contributed by atoms with van der Waals surface area (Å²) in [6.45, 7) is 2.34. The van der Waals surface area contributed by atoms with Crippen molar-refractivity contribution < 1.29 is 18.7 Å². The third kappa shape index (κ3) is 4.06. The van der Waals surface area contributed by atoms with E-state index in [1.165, 1.54) is 6.92 Å². The zero-order valence-corrected chi connectivity index (χ0v) is 17.9. The fourth-order valence-corrected chi connectivity index (χ4v) is 3.60. The molecule has 1 aliphatic rings. The number of hydrogen-bond donors (Lipinski definition) is 1. The maximum Gasteiger partial charge on any atom is 0.222 e. The molecule has 1 fully saturated rings. The molecule has 0 saturated heterocycles. The number of methoxy groups -OCH3 is 1. The number of ether oxygens (including phenoxy) is 2. The number of carbonyl (C=O) groups is 1. The molecule has 5 rings (SSSR count). The van der Waals surface area contributed by atoms with Crippen LogP contribution in [0, 0.1) is 0 Å². The van der Waals surface area contributed by atoms with E-state index in [1.807, 2.05) is 24.3 Å². The van der Waals surface area contributed by atoms with Crippen molar-refractivity contribution in [2.24, 2.45) is 0 Å². The fraction of sp³-hybridized carbons (Fsp3) is 0.304. The van der Waals surface area contributed by atoms with Gasteiger partial charge in [0.25, 0.3) is 0 Å². The number of nitrogens with zero attached hydrogens (tertiary/aromatic N) is 4. The average molecular weight is 433 g/mol. The van der Waals surface area contributed by atoms with Crippen molar-refractivity contribution >= 4 is 22.6 Å². The molecule has 0 aromatic carbocycles. The molecule has 0 unspecified atom stereocenters. The molecule has 4 aromatic rings. The summed E-state index contributed by atoms with van der Waals surface area (Å²) in [6.07, 6.45) is 7.23. The van der Waals surface area contributed by atoms with Crippen LogP contribution in [0.4, 0.5) is 5.82 Å². The Hall–Kier alpha value is -3.72. The minimum atomic E-state index is -0.181. The van der Waals surface area contributed by atoms with Gasteiger partial charge in [-0.05, 0) is 18.9 Å². The summed E-state index contributed by atoms with van der Waals surface area (Å²) in [5, 5.41) is 8.60. The number of amides is 1. The molecule has 164 valence electrons. The van der Waals surface area contributed by atoms with Crippen molar-refractivity contribution in [1.82, 2.24) is 19.7 Å². The van der Waals surface area contributed by atoms with Gasteiger partial charge < -0.3 is 19.2 Å². The Morgan fingerprint density at radius 3 is 2.88 bits per heavy atom. The number of furan rings is 1. The van der Waals surface area contributed by atoms with Gasteiger partial charge in [0.1, 0.15) is 18.2 Å². The van der Waals surface area contributed by atoms with Crippen molar-refractivity contribution in [2.45, 2.75) is 25.7 Å². The number of nitrogens with one attached hydrogen (secondary N) is 1. The molecular formula is C23H23N5O4. The Morgan fingerprint density at radius 2 is 2.16 bits per heavy atom. The second-order valence-electron chi connectivity index (χ2n) is 7.74. The normalized spacial score (nSPS) is 13.4. The number of anilines is 1. The number of carbonyl (C=O) groups excluding carboxylic acids is 1. The Labute approximate surface area is 184 Å². The van der Waals surface area contributed by atoms with Gasteiger partial charge >= 0.3 is 0 Å². The van der Waals surface area contributed by atoms with Crippen molar-refractivity contribution in [2.75, 3.05) is 25.6 Å². The first-order chi connectivity index (χ1) is 15.6. The lowest BCUT2D eigenvalue weighted by atomic mass is 10.2. The van der Waals surface area contributed by atoms with E-state index in [0.717, 1.165) is 35.0 Å². The van der Waals surface area contributed by atoms with Crippen LogP contribution in [-0.4, -0.2) is 46.0 Å². The second-order valence-corrected chi connectivity index (χ2v) is 7.74. The van der Waals surface area contributed by atoms with Crippen LogP contribution in [0.3, 0.4) is 0 Å².